The number of rotatable bonds is 6. The number of benzene rings is 3. The molecule has 0 fully saturated rings. The molecule has 0 bridgehead atoms. The van der Waals surface area contributed by atoms with Crippen molar-refractivity contribution in [3.63, 3.8) is 0 Å². The molecule has 4 rings (SSSR count). The molecule has 0 amide bonds. The Kier molecular flexibility index (Phi) is 6.76. The molecule has 1 aliphatic heterocycles. The summed E-state index contributed by atoms with van der Waals surface area (Å²) >= 11 is 5.75. The Morgan fingerprint density at radius 3 is 2.42 bits per heavy atom. The van der Waals surface area contributed by atoms with Gasteiger partial charge in [0.15, 0.2) is 5.11 Å². The maximum atomic E-state index is 11.9. The predicted molar refractivity (Wildman–Crippen MR) is 138 cm³/mol. The lowest BCUT2D eigenvalue weighted by Crippen LogP contribution is -2.36. The highest BCUT2D eigenvalue weighted by atomic mass is 32.2. The molecular weight excluding hydrogens is 452 g/mol. The zero-order valence-corrected chi connectivity index (χ0v) is 20.2. The molecule has 8 heteroatoms. The van der Waals surface area contributed by atoms with E-state index in [9.17, 15) is 8.42 Å². The first-order valence-electron chi connectivity index (χ1n) is 10.6. The summed E-state index contributed by atoms with van der Waals surface area (Å²) in [5.74, 6) is 0. The van der Waals surface area contributed by atoms with Crippen LogP contribution in [0.2, 0.25) is 0 Å². The molecule has 0 saturated carbocycles. The van der Waals surface area contributed by atoms with Gasteiger partial charge in [0.1, 0.15) is 0 Å². The molecule has 2 N–H and O–H groups in total. The summed E-state index contributed by atoms with van der Waals surface area (Å²) in [5.41, 5.74) is 5.44. The SMILES string of the molecule is Cc1ccccc1[C@@H]1CC(c2ccccc2NS(C)(=O)=O)=NN1C(=S)NCc1ccccc1. The summed E-state index contributed by atoms with van der Waals surface area (Å²) in [5, 5.41) is 10.6. The van der Waals surface area contributed by atoms with Crippen molar-refractivity contribution in [2.24, 2.45) is 5.10 Å². The van der Waals surface area contributed by atoms with E-state index in [1.54, 1.807) is 12.1 Å². The molecule has 0 saturated heterocycles. The predicted octanol–water partition coefficient (Wildman–Crippen LogP) is 4.59. The van der Waals surface area contributed by atoms with Crippen LogP contribution in [0.4, 0.5) is 5.69 Å². The Morgan fingerprint density at radius 2 is 1.70 bits per heavy atom. The van der Waals surface area contributed by atoms with Gasteiger partial charge in [-0.15, -0.1) is 0 Å². The molecule has 3 aromatic rings. The van der Waals surface area contributed by atoms with Gasteiger partial charge in [-0.3, -0.25) is 4.72 Å². The van der Waals surface area contributed by atoms with Crippen LogP contribution in [0.3, 0.4) is 0 Å². The smallest absolute Gasteiger partial charge is 0.229 e. The lowest BCUT2D eigenvalue weighted by atomic mass is 9.95. The summed E-state index contributed by atoms with van der Waals surface area (Å²) in [6, 6.07) is 25.5. The number of sulfonamides is 1. The Morgan fingerprint density at radius 1 is 1.03 bits per heavy atom. The van der Waals surface area contributed by atoms with Crippen molar-refractivity contribution in [1.29, 1.82) is 0 Å². The van der Waals surface area contributed by atoms with Crippen molar-refractivity contribution < 1.29 is 8.42 Å². The van der Waals surface area contributed by atoms with Crippen LogP contribution in [0.15, 0.2) is 84.0 Å². The monoisotopic (exact) mass is 478 g/mol. The van der Waals surface area contributed by atoms with Gasteiger partial charge in [0.25, 0.3) is 0 Å². The Balaban J connectivity index is 1.67. The summed E-state index contributed by atoms with van der Waals surface area (Å²) in [6.45, 7) is 2.67. The van der Waals surface area contributed by atoms with Gasteiger partial charge in [-0.05, 0) is 41.9 Å². The highest BCUT2D eigenvalue weighted by molar-refractivity contribution is 7.92. The molecular formula is C25H26N4O2S2. The average Bonchev–Trinajstić information content (AvgIpc) is 3.23. The minimum atomic E-state index is -3.43. The highest BCUT2D eigenvalue weighted by Crippen LogP contribution is 2.36. The second-order valence-electron chi connectivity index (χ2n) is 8.03. The third kappa shape index (κ3) is 5.58. The van der Waals surface area contributed by atoms with Gasteiger partial charge >= 0.3 is 0 Å². The van der Waals surface area contributed by atoms with Gasteiger partial charge in [-0.25, -0.2) is 13.4 Å². The van der Waals surface area contributed by atoms with Crippen LogP contribution < -0.4 is 10.0 Å². The van der Waals surface area contributed by atoms with Crippen LogP contribution in [-0.2, 0) is 16.6 Å². The van der Waals surface area contributed by atoms with Crippen molar-refractivity contribution in [1.82, 2.24) is 10.3 Å². The first-order valence-corrected chi connectivity index (χ1v) is 12.9. The van der Waals surface area contributed by atoms with E-state index in [1.165, 1.54) is 0 Å². The van der Waals surface area contributed by atoms with Crippen molar-refractivity contribution >= 4 is 38.8 Å². The fourth-order valence-electron chi connectivity index (χ4n) is 3.94. The molecule has 0 radical (unpaired) electrons. The average molecular weight is 479 g/mol. The Hall–Kier alpha value is -3.23. The fraction of sp³-hybridized carbons (Fsp3) is 0.200. The van der Waals surface area contributed by atoms with Gasteiger partial charge in [0.05, 0.1) is 23.7 Å². The third-order valence-corrected chi connectivity index (χ3v) is 6.41. The third-order valence-electron chi connectivity index (χ3n) is 5.49. The largest absolute Gasteiger partial charge is 0.357 e. The van der Waals surface area contributed by atoms with E-state index in [4.69, 9.17) is 17.3 Å². The van der Waals surface area contributed by atoms with Crippen LogP contribution in [0, 0.1) is 6.92 Å². The van der Waals surface area contributed by atoms with Crippen LogP contribution in [0.1, 0.15) is 34.7 Å². The van der Waals surface area contributed by atoms with E-state index in [-0.39, 0.29) is 6.04 Å². The number of nitrogens with one attached hydrogen (secondary N) is 2. The molecule has 3 aromatic carbocycles. The molecule has 6 nitrogen and oxygen atoms in total. The lowest BCUT2D eigenvalue weighted by Gasteiger charge is -2.26. The van der Waals surface area contributed by atoms with E-state index in [0.717, 1.165) is 34.2 Å². The minimum Gasteiger partial charge on any atom is -0.357 e. The van der Waals surface area contributed by atoms with Crippen molar-refractivity contribution in [3.8, 4) is 0 Å². The maximum Gasteiger partial charge on any atom is 0.229 e. The number of hydrogen-bond acceptors (Lipinski definition) is 4. The molecule has 1 atom stereocenters. The standard InChI is InChI=1S/C25H26N4O2S2/c1-18-10-6-7-13-20(18)24-16-23(21-14-8-9-15-22(21)28-33(2,30)31)27-29(24)25(32)26-17-19-11-4-3-5-12-19/h3-15,24,28H,16-17H2,1-2H3,(H,26,32)/t24-/m0/s1. The Bertz CT molecular complexity index is 1290. The first kappa shape index (κ1) is 22.9. The zero-order valence-electron chi connectivity index (χ0n) is 18.5. The Labute approximate surface area is 200 Å². The normalized spacial score (nSPS) is 15.8. The number of thiocarbonyl (C=S) groups is 1. The van der Waals surface area contributed by atoms with Gasteiger partial charge in [-0.2, -0.15) is 5.10 Å². The van der Waals surface area contributed by atoms with Crippen molar-refractivity contribution in [2.45, 2.75) is 25.9 Å². The molecule has 1 heterocycles. The van der Waals surface area contributed by atoms with E-state index in [0.29, 0.717) is 23.8 Å². The number of hydrogen-bond donors (Lipinski definition) is 2. The van der Waals surface area contributed by atoms with E-state index in [1.807, 2.05) is 59.6 Å². The maximum absolute atomic E-state index is 11.9. The second-order valence-corrected chi connectivity index (χ2v) is 10.2. The molecule has 0 aromatic heterocycles. The number of anilines is 1. The van der Waals surface area contributed by atoms with Crippen molar-refractivity contribution in [3.05, 3.63) is 101 Å². The van der Waals surface area contributed by atoms with E-state index < -0.39 is 10.0 Å². The summed E-state index contributed by atoms with van der Waals surface area (Å²) in [7, 11) is -3.43. The number of nitrogens with zero attached hydrogens (tertiary/aromatic N) is 2. The number of aryl methyl sites for hydroxylation is 1. The summed E-state index contributed by atoms with van der Waals surface area (Å²) in [4.78, 5) is 0. The highest BCUT2D eigenvalue weighted by Gasteiger charge is 2.33. The quantitative estimate of drug-likeness (QED) is 0.507. The second kappa shape index (κ2) is 9.72. The number of hydrazone groups is 1. The van der Waals surface area contributed by atoms with Gasteiger partial charge in [0, 0.05) is 18.5 Å². The molecule has 0 unspecified atom stereocenters. The molecule has 0 spiro atoms. The van der Waals surface area contributed by atoms with Gasteiger partial charge in [-0.1, -0.05) is 72.8 Å². The van der Waals surface area contributed by atoms with Crippen LogP contribution in [0.5, 0.6) is 0 Å². The van der Waals surface area contributed by atoms with E-state index in [2.05, 4.69) is 29.1 Å². The molecule has 1 aliphatic rings. The summed E-state index contributed by atoms with van der Waals surface area (Å²) in [6.07, 6.45) is 1.74. The first-order chi connectivity index (χ1) is 15.8. The van der Waals surface area contributed by atoms with E-state index >= 15 is 0 Å². The molecule has 0 aliphatic carbocycles. The lowest BCUT2D eigenvalue weighted by molar-refractivity contribution is 0.362. The molecule has 170 valence electrons. The topological polar surface area (TPSA) is 73.8 Å². The van der Waals surface area contributed by atoms with Crippen LogP contribution in [-0.4, -0.2) is 30.5 Å². The van der Waals surface area contributed by atoms with Gasteiger partial charge < -0.3 is 5.32 Å². The zero-order chi connectivity index (χ0) is 23.4. The number of para-hydroxylation sites is 1. The van der Waals surface area contributed by atoms with Crippen LogP contribution >= 0.6 is 12.2 Å². The molecule has 33 heavy (non-hydrogen) atoms. The van der Waals surface area contributed by atoms with Crippen molar-refractivity contribution in [2.75, 3.05) is 11.0 Å². The fourth-order valence-corrected chi connectivity index (χ4v) is 4.76. The van der Waals surface area contributed by atoms with Gasteiger partial charge in [0.2, 0.25) is 10.0 Å². The van der Waals surface area contributed by atoms with Crippen LogP contribution in [0.25, 0.3) is 0 Å². The minimum absolute atomic E-state index is 0.0942. The summed E-state index contributed by atoms with van der Waals surface area (Å²) < 4.78 is 26.4.